The zero-order valence-corrected chi connectivity index (χ0v) is 19.1. The molecule has 8 heteroatoms. The van der Waals surface area contributed by atoms with Crippen molar-refractivity contribution in [1.82, 2.24) is 9.13 Å². The van der Waals surface area contributed by atoms with Gasteiger partial charge in [0.15, 0.2) is 0 Å². The third-order valence-electron chi connectivity index (χ3n) is 5.69. The van der Waals surface area contributed by atoms with Crippen LogP contribution >= 0.6 is 22.9 Å². The highest BCUT2D eigenvalue weighted by atomic mass is 35.5. The van der Waals surface area contributed by atoms with Crippen molar-refractivity contribution in [3.8, 4) is 5.69 Å². The van der Waals surface area contributed by atoms with Gasteiger partial charge in [-0.2, -0.15) is 0 Å². The highest BCUT2D eigenvalue weighted by molar-refractivity contribution is 7.18. The van der Waals surface area contributed by atoms with Crippen molar-refractivity contribution in [3.63, 3.8) is 0 Å². The average Bonchev–Trinajstić information content (AvgIpc) is 3.11. The summed E-state index contributed by atoms with van der Waals surface area (Å²) in [5, 5.41) is 1.05. The van der Waals surface area contributed by atoms with Gasteiger partial charge in [0.1, 0.15) is 10.6 Å². The number of fused-ring (bicyclic) bond motifs is 3. The van der Waals surface area contributed by atoms with E-state index in [1.165, 1.54) is 28.0 Å². The van der Waals surface area contributed by atoms with E-state index in [0.29, 0.717) is 34.0 Å². The predicted molar refractivity (Wildman–Crippen MR) is 125 cm³/mol. The maximum atomic E-state index is 13.7. The standard InChI is InChI=1S/C24H20ClFN2O3S/c1-24(2)11-18-19(13-31-24)32-22-20(18)21(29)28(17-9-5-15(25)6-10-17)23(30)27(22)12-14-3-7-16(26)8-4-14/h3-10H,11-13H2,1-2H3. The second kappa shape index (κ2) is 7.69. The van der Waals surface area contributed by atoms with E-state index in [1.807, 2.05) is 13.8 Å². The van der Waals surface area contributed by atoms with E-state index in [2.05, 4.69) is 0 Å². The number of hydrogen-bond donors (Lipinski definition) is 0. The number of nitrogens with zero attached hydrogens (tertiary/aromatic N) is 2. The van der Waals surface area contributed by atoms with Crippen molar-refractivity contribution < 1.29 is 9.13 Å². The molecule has 2 aromatic heterocycles. The molecule has 0 atom stereocenters. The van der Waals surface area contributed by atoms with Crippen LogP contribution in [0.4, 0.5) is 4.39 Å². The van der Waals surface area contributed by atoms with E-state index in [1.54, 1.807) is 41.0 Å². The van der Waals surface area contributed by atoms with Crippen LogP contribution in [-0.2, 0) is 24.3 Å². The van der Waals surface area contributed by atoms with Gasteiger partial charge in [0.2, 0.25) is 0 Å². The van der Waals surface area contributed by atoms with Gasteiger partial charge in [-0.3, -0.25) is 9.36 Å². The summed E-state index contributed by atoms with van der Waals surface area (Å²) in [4.78, 5) is 28.8. The minimum atomic E-state index is -0.451. The van der Waals surface area contributed by atoms with E-state index in [-0.39, 0.29) is 17.9 Å². The Morgan fingerprint density at radius 1 is 1.09 bits per heavy atom. The molecule has 5 nitrogen and oxygen atoms in total. The molecule has 0 amide bonds. The smallest absolute Gasteiger partial charge is 0.337 e. The van der Waals surface area contributed by atoms with Gasteiger partial charge in [-0.15, -0.1) is 11.3 Å². The van der Waals surface area contributed by atoms with Crippen molar-refractivity contribution in [3.05, 3.63) is 96.2 Å². The first kappa shape index (κ1) is 21.1. The summed E-state index contributed by atoms with van der Waals surface area (Å²) >= 11 is 7.43. The molecule has 1 aliphatic heterocycles. The van der Waals surface area contributed by atoms with Crippen LogP contribution in [0.1, 0.15) is 29.9 Å². The Morgan fingerprint density at radius 3 is 2.47 bits per heavy atom. The fourth-order valence-electron chi connectivity index (χ4n) is 4.09. The number of hydrogen-bond acceptors (Lipinski definition) is 4. The van der Waals surface area contributed by atoms with Crippen LogP contribution in [0.3, 0.4) is 0 Å². The molecule has 0 bridgehead atoms. The second-order valence-corrected chi connectivity index (χ2v) is 10.0. The lowest BCUT2D eigenvalue weighted by Crippen LogP contribution is -2.39. The molecular weight excluding hydrogens is 451 g/mol. The third-order valence-corrected chi connectivity index (χ3v) is 7.17. The number of ether oxygens (including phenoxy) is 1. The monoisotopic (exact) mass is 470 g/mol. The second-order valence-electron chi connectivity index (χ2n) is 8.52. The number of benzene rings is 2. The Balaban J connectivity index is 1.82. The number of thiophene rings is 1. The van der Waals surface area contributed by atoms with Crippen molar-refractivity contribution in [1.29, 1.82) is 0 Å². The molecule has 5 rings (SSSR count). The van der Waals surface area contributed by atoms with Gasteiger partial charge in [-0.25, -0.2) is 13.8 Å². The summed E-state index contributed by atoms with van der Waals surface area (Å²) in [6, 6.07) is 12.6. The zero-order valence-electron chi connectivity index (χ0n) is 17.5. The maximum absolute atomic E-state index is 13.7. The fourth-order valence-corrected chi connectivity index (χ4v) is 5.43. The summed E-state index contributed by atoms with van der Waals surface area (Å²) in [6.07, 6.45) is 0.576. The summed E-state index contributed by atoms with van der Waals surface area (Å²) in [5.41, 5.74) is 0.938. The SMILES string of the molecule is CC1(C)Cc2c(sc3c2c(=O)n(-c2ccc(Cl)cc2)c(=O)n3Cc2ccc(F)cc2)CO1. The lowest BCUT2D eigenvalue weighted by Gasteiger charge is -2.29. The van der Waals surface area contributed by atoms with Gasteiger partial charge in [0.05, 0.1) is 29.8 Å². The Labute approximate surface area is 192 Å². The minimum absolute atomic E-state index is 0.215. The quantitative estimate of drug-likeness (QED) is 0.427. The Bertz CT molecular complexity index is 1450. The normalized spacial score (nSPS) is 15.1. The molecule has 32 heavy (non-hydrogen) atoms. The molecule has 164 valence electrons. The van der Waals surface area contributed by atoms with E-state index < -0.39 is 11.3 Å². The van der Waals surface area contributed by atoms with E-state index in [0.717, 1.165) is 16.0 Å². The van der Waals surface area contributed by atoms with E-state index in [4.69, 9.17) is 16.3 Å². The van der Waals surface area contributed by atoms with Gasteiger partial charge in [-0.1, -0.05) is 23.7 Å². The van der Waals surface area contributed by atoms with Crippen molar-refractivity contribution in [2.45, 2.75) is 39.0 Å². The molecule has 0 saturated carbocycles. The van der Waals surface area contributed by atoms with Crippen molar-refractivity contribution in [2.24, 2.45) is 0 Å². The molecule has 0 radical (unpaired) electrons. The highest BCUT2D eigenvalue weighted by Crippen LogP contribution is 2.37. The molecule has 0 unspecified atom stereocenters. The first-order valence-corrected chi connectivity index (χ1v) is 11.4. The van der Waals surface area contributed by atoms with Crippen LogP contribution < -0.4 is 11.2 Å². The van der Waals surface area contributed by atoms with E-state index >= 15 is 0 Å². The first-order valence-electron chi connectivity index (χ1n) is 10.2. The molecule has 0 fully saturated rings. The molecule has 0 spiro atoms. The van der Waals surface area contributed by atoms with Gasteiger partial charge < -0.3 is 4.74 Å². The Kier molecular flexibility index (Phi) is 5.08. The lowest BCUT2D eigenvalue weighted by atomic mass is 9.94. The summed E-state index contributed by atoms with van der Waals surface area (Å²) in [6.45, 7) is 4.59. The van der Waals surface area contributed by atoms with Crippen LogP contribution in [0, 0.1) is 5.82 Å². The van der Waals surface area contributed by atoms with Gasteiger partial charge in [0, 0.05) is 16.3 Å². The molecule has 4 aromatic rings. The van der Waals surface area contributed by atoms with Gasteiger partial charge in [-0.05, 0) is 61.4 Å². The summed E-state index contributed by atoms with van der Waals surface area (Å²) in [7, 11) is 0. The minimum Gasteiger partial charge on any atom is -0.370 e. The topological polar surface area (TPSA) is 53.2 Å². The predicted octanol–water partition coefficient (Wildman–Crippen LogP) is 4.91. The van der Waals surface area contributed by atoms with Crippen LogP contribution in [0.2, 0.25) is 5.02 Å². The van der Waals surface area contributed by atoms with Gasteiger partial charge >= 0.3 is 5.69 Å². The average molecular weight is 471 g/mol. The maximum Gasteiger partial charge on any atom is 0.337 e. The van der Waals surface area contributed by atoms with Crippen LogP contribution in [-0.4, -0.2) is 14.7 Å². The molecule has 3 heterocycles. The van der Waals surface area contributed by atoms with Crippen molar-refractivity contribution in [2.75, 3.05) is 0 Å². The molecule has 0 aliphatic carbocycles. The van der Waals surface area contributed by atoms with Crippen LogP contribution in [0.15, 0.2) is 58.1 Å². The van der Waals surface area contributed by atoms with Gasteiger partial charge in [0.25, 0.3) is 5.56 Å². The molecule has 2 aromatic carbocycles. The van der Waals surface area contributed by atoms with Crippen molar-refractivity contribution >= 4 is 33.2 Å². The molecule has 1 aliphatic rings. The Morgan fingerprint density at radius 2 is 1.78 bits per heavy atom. The highest BCUT2D eigenvalue weighted by Gasteiger charge is 2.32. The van der Waals surface area contributed by atoms with Crippen LogP contribution in [0.5, 0.6) is 0 Å². The number of aromatic nitrogens is 2. The summed E-state index contributed by atoms with van der Waals surface area (Å²) in [5.74, 6) is -0.344. The number of halogens is 2. The fraction of sp³-hybridized carbons (Fsp3) is 0.250. The third kappa shape index (κ3) is 3.60. The largest absolute Gasteiger partial charge is 0.370 e. The van der Waals surface area contributed by atoms with Crippen LogP contribution in [0.25, 0.3) is 15.9 Å². The number of rotatable bonds is 3. The summed E-state index contributed by atoms with van der Waals surface area (Å²) < 4.78 is 22.2. The Hall–Kier alpha value is -2.74. The molecule has 0 N–H and O–H groups in total. The zero-order chi connectivity index (χ0) is 22.6. The first-order chi connectivity index (χ1) is 15.2. The molecule has 0 saturated heterocycles. The lowest BCUT2D eigenvalue weighted by molar-refractivity contribution is -0.0379. The van der Waals surface area contributed by atoms with E-state index in [9.17, 15) is 14.0 Å². The molecular formula is C24H20ClFN2O3S.